The second-order valence-corrected chi connectivity index (χ2v) is 6.93. The summed E-state index contributed by atoms with van der Waals surface area (Å²) in [6.45, 7) is 1.88. The number of rotatable bonds is 6. The van der Waals surface area contributed by atoms with Crippen molar-refractivity contribution in [2.75, 3.05) is 0 Å². The lowest BCUT2D eigenvalue weighted by molar-refractivity contribution is -0.0944. The first kappa shape index (κ1) is 17.6. The molecule has 2 heterocycles. The number of aromatic carboxylic acids is 1. The van der Waals surface area contributed by atoms with Gasteiger partial charge in [-0.1, -0.05) is 0 Å². The van der Waals surface area contributed by atoms with Gasteiger partial charge in [-0.2, -0.15) is 5.10 Å². The highest BCUT2D eigenvalue weighted by atomic mass is 16.5. The fraction of sp³-hybridized carbons (Fsp3) is 0.350. The zero-order valence-electron chi connectivity index (χ0n) is 14.9. The molecule has 0 radical (unpaired) electrons. The summed E-state index contributed by atoms with van der Waals surface area (Å²) in [7, 11) is 0. The number of aliphatic hydroxyl groups is 1. The second kappa shape index (κ2) is 7.09. The Morgan fingerprint density at radius 3 is 2.63 bits per heavy atom. The molecule has 7 nitrogen and oxygen atoms in total. The summed E-state index contributed by atoms with van der Waals surface area (Å²) in [5.74, 6) is -0.970. The van der Waals surface area contributed by atoms with Crippen LogP contribution in [-0.4, -0.2) is 43.2 Å². The fourth-order valence-corrected chi connectivity index (χ4v) is 3.19. The van der Waals surface area contributed by atoms with E-state index in [9.17, 15) is 9.90 Å². The van der Waals surface area contributed by atoms with Crippen LogP contribution in [0.25, 0.3) is 16.7 Å². The maximum Gasteiger partial charge on any atom is 0.335 e. The first-order chi connectivity index (χ1) is 13.0. The third kappa shape index (κ3) is 3.43. The number of benzene rings is 1. The molecule has 1 aliphatic rings. The molecule has 1 aliphatic carbocycles. The lowest BCUT2D eigenvalue weighted by Gasteiger charge is -2.31. The molecule has 0 saturated heterocycles. The molecule has 2 unspecified atom stereocenters. The minimum Gasteiger partial charge on any atom is -0.478 e. The number of aliphatic hydroxyl groups excluding tert-OH is 1. The van der Waals surface area contributed by atoms with Gasteiger partial charge in [0.25, 0.3) is 0 Å². The number of hydrogen-bond donors (Lipinski definition) is 2. The first-order valence-corrected chi connectivity index (χ1v) is 9.04. The summed E-state index contributed by atoms with van der Waals surface area (Å²) in [6, 6.07) is 8.30. The van der Waals surface area contributed by atoms with Crippen molar-refractivity contribution in [2.45, 2.75) is 44.5 Å². The Balaban J connectivity index is 1.58. The van der Waals surface area contributed by atoms with E-state index in [4.69, 9.17) is 9.84 Å². The van der Waals surface area contributed by atoms with Crippen molar-refractivity contribution < 1.29 is 19.7 Å². The molecule has 7 heteroatoms. The molecule has 27 heavy (non-hydrogen) atoms. The Labute approximate surface area is 156 Å². The Hall–Kier alpha value is -2.77. The number of carboxylic acids is 1. The second-order valence-electron chi connectivity index (χ2n) is 6.93. The molecule has 1 aromatic carbocycles. The van der Waals surface area contributed by atoms with Gasteiger partial charge in [0.05, 0.1) is 29.7 Å². The summed E-state index contributed by atoms with van der Waals surface area (Å²) in [4.78, 5) is 15.4. The van der Waals surface area contributed by atoms with E-state index < -0.39 is 12.1 Å². The molecule has 3 aromatic rings. The number of aromatic nitrogens is 3. The van der Waals surface area contributed by atoms with Gasteiger partial charge in [-0.15, -0.1) is 0 Å². The van der Waals surface area contributed by atoms with E-state index in [1.54, 1.807) is 29.2 Å². The normalized spacial score (nSPS) is 16.8. The minimum absolute atomic E-state index is 0.217. The summed E-state index contributed by atoms with van der Waals surface area (Å²) < 4.78 is 7.52. The van der Waals surface area contributed by atoms with E-state index in [1.807, 2.05) is 13.0 Å². The third-order valence-electron chi connectivity index (χ3n) is 5.03. The largest absolute Gasteiger partial charge is 0.478 e. The van der Waals surface area contributed by atoms with E-state index in [1.165, 1.54) is 18.6 Å². The molecule has 4 rings (SSSR count). The number of pyridine rings is 1. The molecule has 0 aliphatic heterocycles. The molecule has 1 fully saturated rings. The number of carboxylic acid groups (broad SMARTS) is 1. The van der Waals surface area contributed by atoms with Crippen LogP contribution < -0.4 is 0 Å². The van der Waals surface area contributed by atoms with Crippen LogP contribution in [0.3, 0.4) is 0 Å². The van der Waals surface area contributed by atoms with Crippen LogP contribution in [0.15, 0.2) is 42.7 Å². The molecule has 2 N–H and O–H groups in total. The van der Waals surface area contributed by atoms with Crippen molar-refractivity contribution >= 4 is 17.0 Å². The predicted octanol–water partition coefficient (Wildman–Crippen LogP) is 3.11. The zero-order chi connectivity index (χ0) is 19.0. The van der Waals surface area contributed by atoms with Crippen molar-refractivity contribution in [2.24, 2.45) is 0 Å². The van der Waals surface area contributed by atoms with E-state index >= 15 is 0 Å². The molecule has 2 atom stereocenters. The van der Waals surface area contributed by atoms with Gasteiger partial charge in [-0.25, -0.2) is 14.5 Å². The molecule has 2 aromatic heterocycles. The standard InChI is InChI=1S/C20H21N3O4/c1-12(27-17-3-2-4-17)18(24)14-9-15-11-22-23(19(15)21-10-14)16-7-5-13(6-8-16)20(25)26/h5-12,17-18,24H,2-4H2,1H3,(H,25,26). The van der Waals surface area contributed by atoms with Crippen LogP contribution in [0.1, 0.15) is 48.2 Å². The predicted molar refractivity (Wildman–Crippen MR) is 99.0 cm³/mol. The number of nitrogens with zero attached hydrogens (tertiary/aromatic N) is 3. The highest BCUT2D eigenvalue weighted by molar-refractivity contribution is 5.87. The van der Waals surface area contributed by atoms with Crippen LogP contribution in [0.4, 0.5) is 0 Å². The molecule has 0 bridgehead atoms. The number of ether oxygens (including phenoxy) is 1. The van der Waals surface area contributed by atoms with Crippen LogP contribution in [0, 0.1) is 0 Å². The Bertz CT molecular complexity index is 963. The lowest BCUT2D eigenvalue weighted by atomic mass is 9.95. The van der Waals surface area contributed by atoms with Gasteiger partial charge in [0.1, 0.15) is 6.10 Å². The van der Waals surface area contributed by atoms with Crippen LogP contribution in [0.5, 0.6) is 0 Å². The topological polar surface area (TPSA) is 97.5 Å². The van der Waals surface area contributed by atoms with Gasteiger partial charge in [0, 0.05) is 17.1 Å². The highest BCUT2D eigenvalue weighted by Crippen LogP contribution is 2.28. The van der Waals surface area contributed by atoms with Gasteiger partial charge in [0.2, 0.25) is 0 Å². The Morgan fingerprint density at radius 1 is 1.26 bits per heavy atom. The van der Waals surface area contributed by atoms with Crippen molar-refractivity contribution in [1.29, 1.82) is 0 Å². The summed E-state index contributed by atoms with van der Waals surface area (Å²) in [6.07, 6.45) is 5.83. The zero-order valence-corrected chi connectivity index (χ0v) is 14.9. The maximum atomic E-state index is 11.0. The Kier molecular flexibility index (Phi) is 4.63. The van der Waals surface area contributed by atoms with Crippen LogP contribution >= 0.6 is 0 Å². The molecular formula is C20H21N3O4. The monoisotopic (exact) mass is 367 g/mol. The average molecular weight is 367 g/mol. The van der Waals surface area contributed by atoms with Crippen molar-refractivity contribution in [3.63, 3.8) is 0 Å². The maximum absolute atomic E-state index is 11.0. The van der Waals surface area contributed by atoms with Crippen LogP contribution in [0.2, 0.25) is 0 Å². The van der Waals surface area contributed by atoms with E-state index in [2.05, 4.69) is 10.1 Å². The highest BCUT2D eigenvalue weighted by Gasteiger charge is 2.25. The fourth-order valence-electron chi connectivity index (χ4n) is 3.19. The van der Waals surface area contributed by atoms with Crippen LogP contribution in [-0.2, 0) is 4.74 Å². The third-order valence-corrected chi connectivity index (χ3v) is 5.03. The van der Waals surface area contributed by atoms with E-state index in [-0.39, 0.29) is 17.8 Å². The number of hydrogen-bond acceptors (Lipinski definition) is 5. The quantitative estimate of drug-likeness (QED) is 0.695. The Morgan fingerprint density at radius 2 is 2.00 bits per heavy atom. The minimum atomic E-state index is -0.970. The molecule has 140 valence electrons. The smallest absolute Gasteiger partial charge is 0.335 e. The summed E-state index contributed by atoms with van der Waals surface area (Å²) in [5, 5.41) is 24.7. The van der Waals surface area contributed by atoms with Crippen molar-refractivity contribution in [1.82, 2.24) is 14.8 Å². The van der Waals surface area contributed by atoms with E-state index in [0.717, 1.165) is 23.9 Å². The van der Waals surface area contributed by atoms with Gasteiger partial charge >= 0.3 is 5.97 Å². The molecule has 1 saturated carbocycles. The molecule has 0 amide bonds. The SMILES string of the molecule is CC(OC1CCC1)C(O)c1cnc2c(cnn2-c2ccc(C(=O)O)cc2)c1. The van der Waals surface area contributed by atoms with Gasteiger partial charge in [-0.3, -0.25) is 0 Å². The number of fused-ring (bicyclic) bond motifs is 1. The average Bonchev–Trinajstić information content (AvgIpc) is 3.07. The molecular weight excluding hydrogens is 346 g/mol. The van der Waals surface area contributed by atoms with Gasteiger partial charge in [-0.05, 0) is 56.5 Å². The van der Waals surface area contributed by atoms with Crippen molar-refractivity contribution in [3.05, 3.63) is 53.9 Å². The molecule has 0 spiro atoms. The lowest BCUT2D eigenvalue weighted by Crippen LogP contribution is -2.30. The van der Waals surface area contributed by atoms with Crippen molar-refractivity contribution in [3.8, 4) is 5.69 Å². The summed E-state index contributed by atoms with van der Waals surface area (Å²) >= 11 is 0. The van der Waals surface area contributed by atoms with Gasteiger partial charge in [0.15, 0.2) is 5.65 Å². The first-order valence-electron chi connectivity index (χ1n) is 9.04. The van der Waals surface area contributed by atoms with E-state index in [0.29, 0.717) is 11.2 Å². The number of carbonyl (C=O) groups is 1. The van der Waals surface area contributed by atoms with Gasteiger partial charge < -0.3 is 14.9 Å². The summed E-state index contributed by atoms with van der Waals surface area (Å²) in [5.41, 5.74) is 2.27.